The zero-order chi connectivity index (χ0) is 18.0. The molecule has 0 bridgehead atoms. The molecule has 0 fully saturated rings. The van der Waals surface area contributed by atoms with E-state index in [1.807, 2.05) is 32.9 Å². The van der Waals surface area contributed by atoms with Gasteiger partial charge >= 0.3 is 0 Å². The predicted molar refractivity (Wildman–Crippen MR) is 104 cm³/mol. The van der Waals surface area contributed by atoms with Crippen molar-refractivity contribution in [1.29, 1.82) is 0 Å². The Bertz CT molecular complexity index is 521. The number of unbranched alkanes of at least 4 members (excludes halogenated alkanes) is 4. The van der Waals surface area contributed by atoms with Crippen molar-refractivity contribution in [1.82, 2.24) is 10.6 Å². The second-order valence-electron chi connectivity index (χ2n) is 6.95. The van der Waals surface area contributed by atoms with Crippen LogP contribution in [0.3, 0.4) is 0 Å². The van der Waals surface area contributed by atoms with Gasteiger partial charge in [0, 0.05) is 11.1 Å². The zero-order valence-electron chi connectivity index (χ0n) is 15.3. The van der Waals surface area contributed by atoms with Gasteiger partial charge in [-0.25, -0.2) is 0 Å². The third-order valence-corrected chi connectivity index (χ3v) is 3.55. The number of benzene rings is 1. The Balaban J connectivity index is 2.38. The molecule has 5 heteroatoms. The first kappa shape index (κ1) is 20.4. The van der Waals surface area contributed by atoms with Gasteiger partial charge in [-0.3, -0.25) is 10.1 Å². The van der Waals surface area contributed by atoms with Crippen molar-refractivity contribution in [3.8, 4) is 5.75 Å². The molecule has 0 spiro atoms. The maximum absolute atomic E-state index is 12.1. The van der Waals surface area contributed by atoms with E-state index in [-0.39, 0.29) is 11.4 Å². The highest BCUT2D eigenvalue weighted by molar-refractivity contribution is 7.80. The molecule has 134 valence electrons. The van der Waals surface area contributed by atoms with Gasteiger partial charge in [-0.2, -0.15) is 0 Å². The van der Waals surface area contributed by atoms with E-state index >= 15 is 0 Å². The van der Waals surface area contributed by atoms with Crippen molar-refractivity contribution >= 4 is 23.2 Å². The summed E-state index contributed by atoms with van der Waals surface area (Å²) < 4.78 is 5.70. The first-order valence-corrected chi connectivity index (χ1v) is 9.09. The van der Waals surface area contributed by atoms with E-state index in [4.69, 9.17) is 17.0 Å². The Kier molecular flexibility index (Phi) is 8.76. The quantitative estimate of drug-likeness (QED) is 0.537. The largest absolute Gasteiger partial charge is 0.494 e. The van der Waals surface area contributed by atoms with Gasteiger partial charge in [-0.1, -0.05) is 32.6 Å². The fraction of sp³-hybridized carbons (Fsp3) is 0.579. The molecule has 0 heterocycles. The molecule has 0 atom stereocenters. The molecular weight excluding hydrogens is 320 g/mol. The summed E-state index contributed by atoms with van der Waals surface area (Å²) in [5, 5.41) is 6.07. The van der Waals surface area contributed by atoms with Crippen molar-refractivity contribution in [3.63, 3.8) is 0 Å². The molecule has 24 heavy (non-hydrogen) atoms. The topological polar surface area (TPSA) is 50.4 Å². The highest BCUT2D eigenvalue weighted by Crippen LogP contribution is 2.13. The first-order chi connectivity index (χ1) is 11.3. The van der Waals surface area contributed by atoms with Gasteiger partial charge in [0.15, 0.2) is 5.11 Å². The fourth-order valence-electron chi connectivity index (χ4n) is 2.15. The van der Waals surface area contributed by atoms with Crippen LogP contribution in [-0.4, -0.2) is 23.2 Å². The van der Waals surface area contributed by atoms with E-state index in [0.717, 1.165) is 18.8 Å². The van der Waals surface area contributed by atoms with Crippen LogP contribution in [0.1, 0.15) is 70.2 Å². The van der Waals surface area contributed by atoms with Gasteiger partial charge in [0.1, 0.15) is 5.75 Å². The van der Waals surface area contributed by atoms with Crippen LogP contribution in [0.5, 0.6) is 5.75 Å². The van der Waals surface area contributed by atoms with Crippen molar-refractivity contribution in [2.24, 2.45) is 0 Å². The first-order valence-electron chi connectivity index (χ1n) is 8.68. The van der Waals surface area contributed by atoms with Crippen LogP contribution in [0.2, 0.25) is 0 Å². The number of thiocarbonyl (C=S) groups is 1. The van der Waals surface area contributed by atoms with Crippen LogP contribution in [0.4, 0.5) is 0 Å². The van der Waals surface area contributed by atoms with Crippen LogP contribution in [0.25, 0.3) is 0 Å². The van der Waals surface area contributed by atoms with E-state index in [2.05, 4.69) is 17.6 Å². The van der Waals surface area contributed by atoms with Crippen LogP contribution in [0.15, 0.2) is 24.3 Å². The van der Waals surface area contributed by atoms with Crippen molar-refractivity contribution in [2.75, 3.05) is 6.61 Å². The number of ether oxygens (including phenoxy) is 1. The Morgan fingerprint density at radius 1 is 1.08 bits per heavy atom. The third kappa shape index (κ3) is 8.87. The molecule has 4 nitrogen and oxygen atoms in total. The zero-order valence-corrected chi connectivity index (χ0v) is 16.1. The molecule has 0 saturated heterocycles. The average Bonchev–Trinajstić information content (AvgIpc) is 2.49. The monoisotopic (exact) mass is 350 g/mol. The maximum atomic E-state index is 12.1. The van der Waals surface area contributed by atoms with Gasteiger partial charge in [-0.05, 0) is 63.7 Å². The van der Waals surface area contributed by atoms with Crippen LogP contribution >= 0.6 is 12.2 Å². The number of nitrogens with one attached hydrogen (secondary N) is 2. The number of hydrogen-bond acceptors (Lipinski definition) is 3. The molecule has 1 aromatic rings. The lowest BCUT2D eigenvalue weighted by Gasteiger charge is -2.22. The summed E-state index contributed by atoms with van der Waals surface area (Å²) >= 11 is 5.14. The number of carbonyl (C=O) groups is 1. The van der Waals surface area contributed by atoms with Gasteiger partial charge in [-0.15, -0.1) is 0 Å². The Hall–Kier alpha value is -1.62. The van der Waals surface area contributed by atoms with Crippen LogP contribution in [0, 0.1) is 0 Å². The number of amides is 1. The summed E-state index contributed by atoms with van der Waals surface area (Å²) in [4.78, 5) is 12.1. The molecule has 1 amide bonds. The maximum Gasteiger partial charge on any atom is 0.257 e. The minimum atomic E-state index is -0.220. The van der Waals surface area contributed by atoms with E-state index in [1.165, 1.54) is 25.7 Å². The SMILES string of the molecule is CCCCCCCOc1ccc(C(=O)NC(=S)NC(C)(C)C)cc1. The number of hydrogen-bond donors (Lipinski definition) is 2. The lowest BCUT2D eigenvalue weighted by Crippen LogP contribution is -2.48. The molecule has 0 saturated carbocycles. The summed E-state index contributed by atoms with van der Waals surface area (Å²) in [5.74, 6) is 0.570. The molecule has 0 radical (unpaired) electrons. The van der Waals surface area contributed by atoms with Crippen molar-refractivity contribution < 1.29 is 9.53 Å². The smallest absolute Gasteiger partial charge is 0.257 e. The van der Waals surface area contributed by atoms with Gasteiger partial charge in [0.05, 0.1) is 6.61 Å². The number of carbonyl (C=O) groups excluding carboxylic acids is 1. The average molecular weight is 351 g/mol. The lowest BCUT2D eigenvalue weighted by molar-refractivity contribution is 0.0976. The van der Waals surface area contributed by atoms with Crippen molar-refractivity contribution in [3.05, 3.63) is 29.8 Å². The highest BCUT2D eigenvalue weighted by Gasteiger charge is 2.13. The molecular formula is C19H30N2O2S. The minimum Gasteiger partial charge on any atom is -0.494 e. The van der Waals surface area contributed by atoms with E-state index in [1.54, 1.807) is 12.1 Å². The normalized spacial score (nSPS) is 11.0. The van der Waals surface area contributed by atoms with E-state index in [0.29, 0.717) is 10.7 Å². The van der Waals surface area contributed by atoms with Crippen LogP contribution in [-0.2, 0) is 0 Å². The molecule has 0 aliphatic carbocycles. The molecule has 0 unspecified atom stereocenters. The van der Waals surface area contributed by atoms with Crippen molar-refractivity contribution in [2.45, 2.75) is 65.3 Å². The predicted octanol–water partition coefficient (Wildman–Crippen LogP) is 4.44. The molecule has 1 rings (SSSR count). The summed E-state index contributed by atoms with van der Waals surface area (Å²) in [6.45, 7) is 8.88. The van der Waals surface area contributed by atoms with Gasteiger partial charge in [0.2, 0.25) is 0 Å². The summed E-state index contributed by atoms with van der Waals surface area (Å²) in [6, 6.07) is 7.14. The summed E-state index contributed by atoms with van der Waals surface area (Å²) in [5.41, 5.74) is 0.377. The molecule has 0 aliphatic heterocycles. The van der Waals surface area contributed by atoms with E-state index in [9.17, 15) is 4.79 Å². The second-order valence-corrected chi connectivity index (χ2v) is 7.35. The molecule has 2 N–H and O–H groups in total. The van der Waals surface area contributed by atoms with Crippen LogP contribution < -0.4 is 15.4 Å². The Morgan fingerprint density at radius 3 is 2.29 bits per heavy atom. The summed E-state index contributed by atoms with van der Waals surface area (Å²) in [7, 11) is 0. The molecule has 0 aromatic heterocycles. The van der Waals surface area contributed by atoms with Gasteiger partial charge in [0.25, 0.3) is 5.91 Å². The Morgan fingerprint density at radius 2 is 1.71 bits per heavy atom. The molecule has 1 aromatic carbocycles. The van der Waals surface area contributed by atoms with E-state index < -0.39 is 0 Å². The fourth-order valence-corrected chi connectivity index (χ4v) is 2.54. The third-order valence-electron chi connectivity index (χ3n) is 3.35. The lowest BCUT2D eigenvalue weighted by atomic mass is 10.1. The standard InChI is InChI=1S/C19H30N2O2S/c1-5-6-7-8-9-14-23-16-12-10-15(11-13-16)17(22)20-18(24)21-19(2,3)4/h10-13H,5-9,14H2,1-4H3,(H2,20,21,22,24). The Labute approximate surface area is 151 Å². The number of rotatable bonds is 8. The minimum absolute atomic E-state index is 0.181. The second kappa shape index (κ2) is 10.3. The molecule has 0 aliphatic rings. The highest BCUT2D eigenvalue weighted by atomic mass is 32.1. The summed E-state index contributed by atoms with van der Waals surface area (Å²) in [6.07, 6.45) is 6.07. The van der Waals surface area contributed by atoms with Gasteiger partial charge < -0.3 is 10.1 Å².